The van der Waals surface area contributed by atoms with E-state index in [-0.39, 0.29) is 13.1 Å². The molecule has 1 unspecified atom stereocenters. The number of imide groups is 1. The number of benzene rings is 1. The quantitative estimate of drug-likeness (QED) is 0.738. The largest absolute Gasteiger partial charge is 0.490 e. The Balaban J connectivity index is 1.48. The first-order valence-corrected chi connectivity index (χ1v) is 9.31. The fraction of sp³-hybridized carbons (Fsp3) is 0.350. The zero-order chi connectivity index (χ0) is 20.4. The number of carbonyl (C=O) groups excluding carboxylic acids is 3. The van der Waals surface area contributed by atoms with Crippen LogP contribution in [0.25, 0.3) is 0 Å². The van der Waals surface area contributed by atoms with Gasteiger partial charge in [-0.1, -0.05) is 6.07 Å². The Labute approximate surface area is 166 Å². The van der Waals surface area contributed by atoms with Gasteiger partial charge in [0.2, 0.25) is 5.91 Å². The van der Waals surface area contributed by atoms with Crippen molar-refractivity contribution in [1.82, 2.24) is 15.5 Å². The van der Waals surface area contributed by atoms with Crippen molar-refractivity contribution >= 4 is 17.8 Å². The van der Waals surface area contributed by atoms with E-state index in [1.165, 1.54) is 6.26 Å². The molecule has 29 heavy (non-hydrogen) atoms. The summed E-state index contributed by atoms with van der Waals surface area (Å²) in [6.45, 7) is 2.46. The third kappa shape index (κ3) is 3.63. The first kappa shape index (κ1) is 18.9. The van der Waals surface area contributed by atoms with E-state index in [2.05, 4.69) is 10.6 Å². The fourth-order valence-corrected chi connectivity index (χ4v) is 3.31. The maximum atomic E-state index is 13.0. The van der Waals surface area contributed by atoms with Gasteiger partial charge in [0.1, 0.15) is 17.8 Å². The predicted octanol–water partition coefficient (Wildman–Crippen LogP) is 1.52. The molecule has 4 amide bonds. The number of amides is 4. The van der Waals surface area contributed by atoms with Gasteiger partial charge in [-0.15, -0.1) is 0 Å². The second-order valence-corrected chi connectivity index (χ2v) is 7.01. The fourth-order valence-electron chi connectivity index (χ4n) is 3.31. The molecule has 0 radical (unpaired) electrons. The molecule has 2 aliphatic rings. The maximum absolute atomic E-state index is 13.0. The number of carbonyl (C=O) groups is 3. The van der Waals surface area contributed by atoms with Crippen molar-refractivity contribution in [2.75, 3.05) is 19.8 Å². The van der Waals surface area contributed by atoms with Crippen molar-refractivity contribution in [3.8, 4) is 11.5 Å². The van der Waals surface area contributed by atoms with Gasteiger partial charge >= 0.3 is 6.03 Å². The molecular formula is C20H21N3O6. The summed E-state index contributed by atoms with van der Waals surface area (Å²) in [4.78, 5) is 38.5. The number of nitrogens with one attached hydrogen (secondary N) is 2. The van der Waals surface area contributed by atoms with E-state index in [1.807, 2.05) is 0 Å². The van der Waals surface area contributed by atoms with Crippen molar-refractivity contribution in [1.29, 1.82) is 0 Å². The molecule has 1 atom stereocenters. The van der Waals surface area contributed by atoms with Gasteiger partial charge in [0.25, 0.3) is 5.91 Å². The van der Waals surface area contributed by atoms with Crippen LogP contribution >= 0.6 is 0 Å². The van der Waals surface area contributed by atoms with E-state index in [0.717, 1.165) is 11.3 Å². The van der Waals surface area contributed by atoms with Gasteiger partial charge in [0.15, 0.2) is 11.5 Å². The highest BCUT2D eigenvalue weighted by Gasteiger charge is 2.49. The molecule has 1 aromatic carbocycles. The van der Waals surface area contributed by atoms with Crippen molar-refractivity contribution in [3.63, 3.8) is 0 Å². The summed E-state index contributed by atoms with van der Waals surface area (Å²) < 4.78 is 16.4. The lowest BCUT2D eigenvalue weighted by atomic mass is 9.91. The van der Waals surface area contributed by atoms with Gasteiger partial charge in [-0.25, -0.2) is 4.79 Å². The normalized spacial score (nSPS) is 20.9. The molecule has 9 heteroatoms. The average molecular weight is 399 g/mol. The van der Waals surface area contributed by atoms with Crippen molar-refractivity contribution in [3.05, 3.63) is 47.9 Å². The van der Waals surface area contributed by atoms with E-state index in [1.54, 1.807) is 37.3 Å². The second-order valence-electron chi connectivity index (χ2n) is 7.01. The Kier molecular flexibility index (Phi) is 4.87. The number of rotatable bonds is 5. The van der Waals surface area contributed by atoms with Crippen molar-refractivity contribution in [2.24, 2.45) is 0 Å². The number of hydrogen-bond acceptors (Lipinski definition) is 6. The average Bonchev–Trinajstić information content (AvgIpc) is 3.21. The lowest BCUT2D eigenvalue weighted by molar-refractivity contribution is -0.134. The SMILES string of the molecule is CC1(c2ccc3c(c2)OCCCO3)NC(=O)N(CC(=O)NCc2ccco2)C1=O. The van der Waals surface area contributed by atoms with Gasteiger partial charge in [-0.05, 0) is 36.8 Å². The summed E-state index contributed by atoms with van der Waals surface area (Å²) in [6.07, 6.45) is 2.26. The molecule has 0 saturated carbocycles. The van der Waals surface area contributed by atoms with Crippen LogP contribution < -0.4 is 20.1 Å². The van der Waals surface area contributed by atoms with E-state index in [0.29, 0.717) is 36.0 Å². The van der Waals surface area contributed by atoms with Crippen LogP contribution in [0.4, 0.5) is 4.79 Å². The molecule has 1 aromatic heterocycles. The maximum Gasteiger partial charge on any atom is 0.325 e. The molecule has 9 nitrogen and oxygen atoms in total. The van der Waals surface area contributed by atoms with E-state index < -0.39 is 23.4 Å². The van der Waals surface area contributed by atoms with Crippen molar-refractivity contribution in [2.45, 2.75) is 25.4 Å². The summed E-state index contributed by atoms with van der Waals surface area (Å²) in [5.74, 6) is 0.726. The molecule has 3 heterocycles. The Morgan fingerprint density at radius 2 is 2.00 bits per heavy atom. The van der Waals surface area contributed by atoms with Crippen LogP contribution in [0.1, 0.15) is 24.7 Å². The molecule has 0 spiro atoms. The summed E-state index contributed by atoms with van der Waals surface area (Å²) in [5.41, 5.74) is -0.748. The highest BCUT2D eigenvalue weighted by molar-refractivity contribution is 6.09. The molecule has 0 aliphatic carbocycles. The lowest BCUT2D eigenvalue weighted by Crippen LogP contribution is -2.43. The minimum absolute atomic E-state index is 0.176. The monoisotopic (exact) mass is 399 g/mol. The summed E-state index contributed by atoms with van der Waals surface area (Å²) >= 11 is 0. The zero-order valence-electron chi connectivity index (χ0n) is 15.9. The second kappa shape index (κ2) is 7.50. The highest BCUT2D eigenvalue weighted by atomic mass is 16.5. The Morgan fingerprint density at radius 3 is 2.76 bits per heavy atom. The van der Waals surface area contributed by atoms with E-state index in [9.17, 15) is 14.4 Å². The smallest absolute Gasteiger partial charge is 0.325 e. The standard InChI is InChI=1S/C20H21N3O6/c1-20(13-5-6-15-16(10-13)29-9-3-8-28-15)18(25)23(19(26)22-20)12-17(24)21-11-14-4-2-7-27-14/h2,4-7,10H,3,8-9,11-12H2,1H3,(H,21,24)(H,22,26). The predicted molar refractivity (Wildman–Crippen MR) is 100 cm³/mol. The minimum Gasteiger partial charge on any atom is -0.490 e. The first-order chi connectivity index (χ1) is 14.0. The molecule has 0 bridgehead atoms. The van der Waals surface area contributed by atoms with Crippen LogP contribution in [0.3, 0.4) is 0 Å². The number of urea groups is 1. The van der Waals surface area contributed by atoms with Crippen LogP contribution in [0.15, 0.2) is 41.0 Å². The summed E-state index contributed by atoms with van der Waals surface area (Å²) in [7, 11) is 0. The highest BCUT2D eigenvalue weighted by Crippen LogP contribution is 2.36. The Morgan fingerprint density at radius 1 is 1.21 bits per heavy atom. The van der Waals surface area contributed by atoms with Gasteiger partial charge < -0.3 is 24.5 Å². The third-order valence-corrected chi connectivity index (χ3v) is 4.94. The number of ether oxygens (including phenoxy) is 2. The number of hydrogen-bond donors (Lipinski definition) is 2. The molecule has 4 rings (SSSR count). The molecular weight excluding hydrogens is 378 g/mol. The van der Waals surface area contributed by atoms with Crippen LogP contribution in [-0.4, -0.2) is 42.5 Å². The summed E-state index contributed by atoms with van der Waals surface area (Å²) in [6, 6.07) is 7.93. The van der Waals surface area contributed by atoms with E-state index >= 15 is 0 Å². The first-order valence-electron chi connectivity index (χ1n) is 9.31. The van der Waals surface area contributed by atoms with Crippen LogP contribution in [0, 0.1) is 0 Å². The lowest BCUT2D eigenvalue weighted by Gasteiger charge is -2.23. The number of furan rings is 1. The minimum atomic E-state index is -1.30. The molecule has 2 aromatic rings. The van der Waals surface area contributed by atoms with Crippen molar-refractivity contribution < 1.29 is 28.3 Å². The van der Waals surface area contributed by atoms with Gasteiger partial charge in [-0.2, -0.15) is 0 Å². The van der Waals surface area contributed by atoms with Crippen LogP contribution in [-0.2, 0) is 21.7 Å². The third-order valence-electron chi connectivity index (χ3n) is 4.94. The van der Waals surface area contributed by atoms with Crippen LogP contribution in [0.5, 0.6) is 11.5 Å². The van der Waals surface area contributed by atoms with Crippen LogP contribution in [0.2, 0.25) is 0 Å². The topological polar surface area (TPSA) is 110 Å². The summed E-state index contributed by atoms with van der Waals surface area (Å²) in [5, 5.41) is 5.31. The van der Waals surface area contributed by atoms with Gasteiger partial charge in [0.05, 0.1) is 26.0 Å². The molecule has 1 fully saturated rings. The molecule has 2 aliphatic heterocycles. The zero-order valence-corrected chi connectivity index (χ0v) is 15.9. The Hall–Kier alpha value is -3.49. The van der Waals surface area contributed by atoms with E-state index in [4.69, 9.17) is 13.9 Å². The molecule has 152 valence electrons. The molecule has 1 saturated heterocycles. The Bertz CT molecular complexity index is 942. The molecule has 2 N–H and O–H groups in total. The number of fused-ring (bicyclic) bond motifs is 1. The van der Waals surface area contributed by atoms with Gasteiger partial charge in [-0.3, -0.25) is 14.5 Å². The number of nitrogens with zero attached hydrogens (tertiary/aromatic N) is 1. The van der Waals surface area contributed by atoms with Gasteiger partial charge in [0, 0.05) is 6.42 Å².